The topological polar surface area (TPSA) is 29.5 Å². The maximum absolute atomic E-state index is 11.9. The molecule has 0 N–H and O–H groups in total. The fourth-order valence-corrected chi connectivity index (χ4v) is 3.26. The minimum atomic E-state index is -0.0532. The van der Waals surface area contributed by atoms with E-state index in [4.69, 9.17) is 4.74 Å². The van der Waals surface area contributed by atoms with E-state index in [-0.39, 0.29) is 11.9 Å². The number of alkyl halides is 1. The van der Waals surface area contributed by atoms with Crippen molar-refractivity contribution >= 4 is 21.9 Å². The van der Waals surface area contributed by atoms with Crippen molar-refractivity contribution in [2.75, 3.05) is 25.0 Å². The average molecular weight is 326 g/mol. The van der Waals surface area contributed by atoms with Crippen LogP contribution >= 0.6 is 15.9 Å². The lowest BCUT2D eigenvalue weighted by molar-refractivity contribution is -0.148. The zero-order chi connectivity index (χ0) is 13.7. The summed E-state index contributed by atoms with van der Waals surface area (Å²) in [6.07, 6.45) is 0. The summed E-state index contributed by atoms with van der Waals surface area (Å²) in [4.78, 5) is 14.3. The van der Waals surface area contributed by atoms with Crippen LogP contribution in [0, 0.1) is 11.8 Å². The molecule has 1 aromatic carbocycles. The van der Waals surface area contributed by atoms with Crippen LogP contribution in [0.1, 0.15) is 12.5 Å². The van der Waals surface area contributed by atoms with Gasteiger partial charge in [0.25, 0.3) is 0 Å². The minimum Gasteiger partial charge on any atom is -0.466 e. The number of likely N-dealkylation sites (tertiary alicyclic amines) is 1. The molecule has 1 aliphatic heterocycles. The first-order chi connectivity index (χ1) is 9.24. The first-order valence-electron chi connectivity index (χ1n) is 6.73. The average Bonchev–Trinajstić information content (AvgIpc) is 2.83. The Balaban J connectivity index is 1.97. The highest BCUT2D eigenvalue weighted by Gasteiger charge is 2.37. The second-order valence-electron chi connectivity index (χ2n) is 4.95. The van der Waals surface area contributed by atoms with Crippen molar-refractivity contribution in [3.05, 3.63) is 35.9 Å². The van der Waals surface area contributed by atoms with Crippen LogP contribution in [0.4, 0.5) is 0 Å². The smallest absolute Gasteiger partial charge is 0.310 e. The Labute approximate surface area is 123 Å². The van der Waals surface area contributed by atoms with Crippen LogP contribution in [0.15, 0.2) is 30.3 Å². The van der Waals surface area contributed by atoms with Crippen molar-refractivity contribution < 1.29 is 9.53 Å². The van der Waals surface area contributed by atoms with Gasteiger partial charge in [-0.1, -0.05) is 46.3 Å². The van der Waals surface area contributed by atoms with Crippen LogP contribution in [0.2, 0.25) is 0 Å². The standard InChI is InChI=1S/C15H20BrNO2/c1-2-19-15(18)14-11-17(10-13(14)8-16)9-12-6-4-3-5-7-12/h3-7,13-14H,2,8-11H2,1H3. The Kier molecular flexibility index (Phi) is 5.40. The van der Waals surface area contributed by atoms with Gasteiger partial charge in [-0.05, 0) is 18.4 Å². The third-order valence-corrected chi connectivity index (χ3v) is 4.38. The van der Waals surface area contributed by atoms with E-state index in [0.29, 0.717) is 12.5 Å². The molecule has 1 aromatic rings. The molecule has 1 aliphatic rings. The fourth-order valence-electron chi connectivity index (χ4n) is 2.60. The van der Waals surface area contributed by atoms with Crippen molar-refractivity contribution in [1.29, 1.82) is 0 Å². The first kappa shape index (κ1) is 14.5. The Morgan fingerprint density at radius 2 is 2.11 bits per heavy atom. The molecule has 0 aliphatic carbocycles. The summed E-state index contributed by atoms with van der Waals surface area (Å²) in [5.41, 5.74) is 1.29. The van der Waals surface area contributed by atoms with Crippen LogP contribution in [-0.4, -0.2) is 35.9 Å². The van der Waals surface area contributed by atoms with E-state index in [0.717, 1.165) is 25.0 Å². The molecular formula is C15H20BrNO2. The van der Waals surface area contributed by atoms with E-state index in [1.54, 1.807) is 0 Å². The van der Waals surface area contributed by atoms with Crippen molar-refractivity contribution in [1.82, 2.24) is 4.90 Å². The van der Waals surface area contributed by atoms with Gasteiger partial charge in [0.05, 0.1) is 12.5 Å². The molecule has 0 radical (unpaired) electrons. The van der Waals surface area contributed by atoms with E-state index in [1.165, 1.54) is 5.56 Å². The SMILES string of the molecule is CCOC(=O)C1CN(Cc2ccccc2)CC1CBr. The summed E-state index contributed by atoms with van der Waals surface area (Å²) in [5, 5.41) is 0.849. The van der Waals surface area contributed by atoms with Crippen LogP contribution in [0.5, 0.6) is 0 Å². The Bertz CT molecular complexity index is 410. The summed E-state index contributed by atoms with van der Waals surface area (Å²) in [7, 11) is 0. The molecule has 3 nitrogen and oxygen atoms in total. The van der Waals surface area contributed by atoms with Gasteiger partial charge in [0.1, 0.15) is 0 Å². The predicted octanol–water partition coefficient (Wildman–Crippen LogP) is 2.69. The zero-order valence-electron chi connectivity index (χ0n) is 11.2. The van der Waals surface area contributed by atoms with Gasteiger partial charge in [-0.15, -0.1) is 0 Å². The normalized spacial score (nSPS) is 23.5. The molecule has 0 saturated carbocycles. The van der Waals surface area contributed by atoms with Crippen molar-refractivity contribution in [2.24, 2.45) is 11.8 Å². The summed E-state index contributed by atoms with van der Waals surface area (Å²) >= 11 is 3.51. The number of hydrogen-bond acceptors (Lipinski definition) is 3. The van der Waals surface area contributed by atoms with Crippen molar-refractivity contribution in [2.45, 2.75) is 13.5 Å². The number of carbonyl (C=O) groups is 1. The second-order valence-corrected chi connectivity index (χ2v) is 5.60. The largest absolute Gasteiger partial charge is 0.466 e. The van der Waals surface area contributed by atoms with Crippen LogP contribution < -0.4 is 0 Å². The van der Waals surface area contributed by atoms with Crippen LogP contribution in [-0.2, 0) is 16.1 Å². The number of ether oxygens (including phenoxy) is 1. The maximum atomic E-state index is 11.9. The highest BCUT2D eigenvalue weighted by Crippen LogP contribution is 2.27. The van der Waals surface area contributed by atoms with Gasteiger partial charge in [-0.2, -0.15) is 0 Å². The minimum absolute atomic E-state index is 0.00281. The number of halogens is 1. The molecule has 0 amide bonds. The molecule has 2 rings (SSSR count). The summed E-state index contributed by atoms with van der Waals surface area (Å²) in [6, 6.07) is 10.4. The summed E-state index contributed by atoms with van der Waals surface area (Å²) < 4.78 is 5.17. The Morgan fingerprint density at radius 3 is 2.74 bits per heavy atom. The lowest BCUT2D eigenvalue weighted by Crippen LogP contribution is -2.26. The molecule has 1 saturated heterocycles. The third kappa shape index (κ3) is 3.80. The van der Waals surface area contributed by atoms with Gasteiger partial charge >= 0.3 is 5.97 Å². The summed E-state index contributed by atoms with van der Waals surface area (Å²) in [6.45, 7) is 4.97. The molecule has 0 bridgehead atoms. The lowest BCUT2D eigenvalue weighted by Gasteiger charge is -2.15. The van der Waals surface area contributed by atoms with Gasteiger partial charge in [0.2, 0.25) is 0 Å². The molecule has 19 heavy (non-hydrogen) atoms. The van der Waals surface area contributed by atoms with Gasteiger partial charge in [-0.3, -0.25) is 9.69 Å². The molecular weight excluding hydrogens is 306 g/mol. The number of carbonyl (C=O) groups excluding carboxylic acids is 1. The number of rotatable bonds is 5. The van der Waals surface area contributed by atoms with E-state index in [2.05, 4.69) is 45.1 Å². The van der Waals surface area contributed by atoms with Crippen molar-refractivity contribution in [3.8, 4) is 0 Å². The second kappa shape index (κ2) is 7.06. The third-order valence-electron chi connectivity index (χ3n) is 3.55. The van der Waals surface area contributed by atoms with Gasteiger partial charge in [0.15, 0.2) is 0 Å². The number of hydrogen-bond donors (Lipinski definition) is 0. The first-order valence-corrected chi connectivity index (χ1v) is 7.85. The number of nitrogens with zero attached hydrogens (tertiary/aromatic N) is 1. The quantitative estimate of drug-likeness (QED) is 0.615. The monoisotopic (exact) mass is 325 g/mol. The van der Waals surface area contributed by atoms with Gasteiger partial charge in [-0.25, -0.2) is 0 Å². The molecule has 2 unspecified atom stereocenters. The van der Waals surface area contributed by atoms with E-state index in [9.17, 15) is 4.79 Å². The zero-order valence-corrected chi connectivity index (χ0v) is 12.8. The Morgan fingerprint density at radius 1 is 1.37 bits per heavy atom. The Hall–Kier alpha value is -0.870. The molecule has 2 atom stereocenters. The highest BCUT2D eigenvalue weighted by atomic mass is 79.9. The van der Waals surface area contributed by atoms with E-state index >= 15 is 0 Å². The number of esters is 1. The molecule has 4 heteroatoms. The highest BCUT2D eigenvalue weighted by molar-refractivity contribution is 9.09. The van der Waals surface area contributed by atoms with Crippen LogP contribution in [0.3, 0.4) is 0 Å². The van der Waals surface area contributed by atoms with E-state index in [1.807, 2.05) is 13.0 Å². The fraction of sp³-hybridized carbons (Fsp3) is 0.533. The molecule has 0 spiro atoms. The molecule has 1 fully saturated rings. The molecule has 104 valence electrons. The van der Waals surface area contributed by atoms with E-state index < -0.39 is 0 Å². The van der Waals surface area contributed by atoms with Crippen LogP contribution in [0.25, 0.3) is 0 Å². The van der Waals surface area contributed by atoms with Crippen molar-refractivity contribution in [3.63, 3.8) is 0 Å². The van der Waals surface area contributed by atoms with Gasteiger partial charge < -0.3 is 4.74 Å². The molecule has 1 heterocycles. The molecule has 0 aromatic heterocycles. The lowest BCUT2D eigenvalue weighted by atomic mass is 9.99. The summed E-state index contributed by atoms with van der Waals surface area (Å²) in [5.74, 6) is 0.299. The number of benzene rings is 1. The van der Waals surface area contributed by atoms with Gasteiger partial charge in [0, 0.05) is 25.0 Å². The maximum Gasteiger partial charge on any atom is 0.310 e. The predicted molar refractivity (Wildman–Crippen MR) is 79.1 cm³/mol.